The number of hydrogen-bond donors (Lipinski definition) is 4. The number of H-pyrrole nitrogens is 1. The summed E-state index contributed by atoms with van der Waals surface area (Å²) in [7, 11) is 0. The zero-order valence-electron chi connectivity index (χ0n) is 21.5. The third kappa shape index (κ3) is 6.66. The van der Waals surface area contributed by atoms with Gasteiger partial charge < -0.3 is 30.4 Å². The number of ether oxygens (including phenoxy) is 1. The van der Waals surface area contributed by atoms with Crippen LogP contribution in [-0.4, -0.2) is 71.2 Å². The van der Waals surface area contributed by atoms with Crippen LogP contribution in [0.15, 0.2) is 56.7 Å². The molecule has 2 fully saturated rings. The molecule has 1 saturated carbocycles. The van der Waals surface area contributed by atoms with Crippen molar-refractivity contribution in [1.82, 2.24) is 20.5 Å². The van der Waals surface area contributed by atoms with Gasteiger partial charge in [0, 0.05) is 60.6 Å². The smallest absolute Gasteiger partial charge is 0.256 e. The summed E-state index contributed by atoms with van der Waals surface area (Å²) in [6, 6.07) is 7.12. The van der Waals surface area contributed by atoms with E-state index in [9.17, 15) is 19.5 Å². The number of allylic oxidation sites excluding steroid dienone is 2. The van der Waals surface area contributed by atoms with Crippen LogP contribution in [0.5, 0.6) is 0 Å². The molecule has 3 aliphatic rings. The number of nitrogens with one attached hydrogen (secondary N) is 3. The van der Waals surface area contributed by atoms with Gasteiger partial charge in [0.1, 0.15) is 11.9 Å². The SMILES string of the molecule is O=C(NC1CC1)C1=C(OC2CCN(C[C@H](O)CNC(=O)c3c[nH]c(=O)c4ccccc34)CC2)CCC(Cl)=C1Cl. The number of β-amino-alcohol motifs (C(OH)–C–C–N with tert-alkyl or cyclic N) is 1. The van der Waals surface area contributed by atoms with Gasteiger partial charge in [0.2, 0.25) is 0 Å². The number of pyridine rings is 1. The summed E-state index contributed by atoms with van der Waals surface area (Å²) < 4.78 is 6.28. The van der Waals surface area contributed by atoms with Gasteiger partial charge in [0.15, 0.2) is 0 Å². The molecule has 11 heteroatoms. The second-order valence-electron chi connectivity index (χ2n) is 10.3. The van der Waals surface area contributed by atoms with Crippen molar-refractivity contribution in [2.24, 2.45) is 0 Å². The molecule has 5 rings (SSSR count). The van der Waals surface area contributed by atoms with Gasteiger partial charge in [-0.15, -0.1) is 0 Å². The molecule has 0 bridgehead atoms. The Morgan fingerprint density at radius 1 is 1.08 bits per heavy atom. The maximum Gasteiger partial charge on any atom is 0.256 e. The lowest BCUT2D eigenvalue weighted by Crippen LogP contribution is -2.44. The molecule has 2 amide bonds. The number of aliphatic hydroxyl groups excluding tert-OH is 1. The minimum absolute atomic E-state index is 0.0633. The second kappa shape index (κ2) is 12.1. The maximum absolute atomic E-state index is 12.8. The number of carbonyl (C=O) groups is 2. The second-order valence-corrected chi connectivity index (χ2v) is 11.2. The van der Waals surface area contributed by atoms with Crippen LogP contribution in [-0.2, 0) is 9.53 Å². The lowest BCUT2D eigenvalue weighted by molar-refractivity contribution is -0.117. The van der Waals surface area contributed by atoms with Crippen molar-refractivity contribution in [3.05, 3.63) is 67.8 Å². The van der Waals surface area contributed by atoms with Gasteiger partial charge in [-0.1, -0.05) is 41.4 Å². The third-order valence-corrected chi connectivity index (χ3v) is 8.20. The molecule has 0 unspecified atom stereocenters. The lowest BCUT2D eigenvalue weighted by Gasteiger charge is -2.34. The van der Waals surface area contributed by atoms with E-state index in [0.717, 1.165) is 25.7 Å². The molecule has 9 nitrogen and oxygen atoms in total. The number of rotatable bonds is 9. The molecule has 2 aliphatic carbocycles. The van der Waals surface area contributed by atoms with Crippen molar-refractivity contribution < 1.29 is 19.4 Å². The molecular formula is C28H32Cl2N4O5. The molecule has 1 aromatic carbocycles. The monoisotopic (exact) mass is 574 g/mol. The van der Waals surface area contributed by atoms with Crippen LogP contribution in [0.3, 0.4) is 0 Å². The number of nitrogens with zero attached hydrogens (tertiary/aromatic N) is 1. The first-order valence-electron chi connectivity index (χ1n) is 13.3. The Balaban J connectivity index is 1.11. The van der Waals surface area contributed by atoms with E-state index >= 15 is 0 Å². The van der Waals surface area contributed by atoms with E-state index in [1.54, 1.807) is 24.3 Å². The minimum Gasteiger partial charge on any atom is -0.494 e. The van der Waals surface area contributed by atoms with Crippen LogP contribution in [0, 0.1) is 0 Å². The average Bonchev–Trinajstić information content (AvgIpc) is 3.75. The van der Waals surface area contributed by atoms with Gasteiger partial charge >= 0.3 is 0 Å². The number of aromatic nitrogens is 1. The predicted molar refractivity (Wildman–Crippen MR) is 150 cm³/mol. The fourth-order valence-electron chi connectivity index (χ4n) is 5.02. The normalized spacial score (nSPS) is 19.8. The fraction of sp³-hybridized carbons (Fsp3) is 0.464. The van der Waals surface area contributed by atoms with Gasteiger partial charge in [-0.05, 0) is 38.2 Å². The molecule has 4 N–H and O–H groups in total. The molecule has 1 aliphatic heterocycles. The predicted octanol–water partition coefficient (Wildman–Crippen LogP) is 3.12. The lowest BCUT2D eigenvalue weighted by atomic mass is 10.0. The highest BCUT2D eigenvalue weighted by Crippen LogP contribution is 2.37. The Labute approximate surface area is 236 Å². The largest absolute Gasteiger partial charge is 0.494 e. The van der Waals surface area contributed by atoms with Gasteiger partial charge in [-0.25, -0.2) is 0 Å². The number of hydrogen-bond acceptors (Lipinski definition) is 6. The molecule has 0 radical (unpaired) electrons. The first kappa shape index (κ1) is 27.7. The molecule has 39 heavy (non-hydrogen) atoms. The van der Waals surface area contributed by atoms with E-state index in [2.05, 4.69) is 20.5 Å². The van der Waals surface area contributed by atoms with E-state index in [0.29, 0.717) is 65.2 Å². The Bertz CT molecular complexity index is 1380. The summed E-state index contributed by atoms with van der Waals surface area (Å²) in [5.74, 6) is 0.00930. The van der Waals surface area contributed by atoms with Crippen molar-refractivity contribution in [3.63, 3.8) is 0 Å². The summed E-state index contributed by atoms with van der Waals surface area (Å²) in [4.78, 5) is 42.3. The molecule has 2 aromatic rings. The van der Waals surface area contributed by atoms with E-state index < -0.39 is 6.10 Å². The summed E-state index contributed by atoms with van der Waals surface area (Å²) in [5.41, 5.74) is 0.452. The Hall–Kier alpha value is -2.85. The zero-order chi connectivity index (χ0) is 27.5. The minimum atomic E-state index is -0.759. The molecular weight excluding hydrogens is 543 g/mol. The number of aromatic amines is 1. The van der Waals surface area contributed by atoms with E-state index in [1.165, 1.54) is 6.20 Å². The summed E-state index contributed by atoms with van der Waals surface area (Å²) >= 11 is 12.7. The first-order valence-corrected chi connectivity index (χ1v) is 14.1. The fourth-order valence-corrected chi connectivity index (χ4v) is 5.50. The van der Waals surface area contributed by atoms with Crippen LogP contribution in [0.25, 0.3) is 10.8 Å². The molecule has 1 atom stereocenters. The Kier molecular flexibility index (Phi) is 8.61. The Morgan fingerprint density at radius 2 is 1.79 bits per heavy atom. The quantitative estimate of drug-likeness (QED) is 0.365. The van der Waals surface area contributed by atoms with E-state index in [1.807, 2.05) is 0 Å². The van der Waals surface area contributed by atoms with Crippen LogP contribution in [0.2, 0.25) is 0 Å². The molecule has 1 saturated heterocycles. The molecule has 208 valence electrons. The highest BCUT2D eigenvalue weighted by molar-refractivity contribution is 6.43. The maximum atomic E-state index is 12.8. The van der Waals surface area contributed by atoms with Crippen molar-refractivity contribution in [2.45, 2.75) is 56.8 Å². The number of amides is 2. The third-order valence-electron chi connectivity index (χ3n) is 7.31. The number of halogens is 2. The van der Waals surface area contributed by atoms with Gasteiger partial charge in [-0.3, -0.25) is 14.4 Å². The summed E-state index contributed by atoms with van der Waals surface area (Å²) in [5, 5.41) is 18.1. The van der Waals surface area contributed by atoms with E-state index in [-0.39, 0.29) is 41.1 Å². The summed E-state index contributed by atoms with van der Waals surface area (Å²) in [6.07, 6.45) is 5.07. The average molecular weight is 575 g/mol. The topological polar surface area (TPSA) is 124 Å². The molecule has 0 spiro atoms. The first-order chi connectivity index (χ1) is 18.8. The van der Waals surface area contributed by atoms with Crippen molar-refractivity contribution >= 4 is 45.8 Å². The van der Waals surface area contributed by atoms with Crippen LogP contribution in [0.1, 0.15) is 48.9 Å². The van der Waals surface area contributed by atoms with Gasteiger partial charge in [-0.2, -0.15) is 0 Å². The van der Waals surface area contributed by atoms with Crippen LogP contribution < -0.4 is 16.2 Å². The zero-order valence-corrected chi connectivity index (χ0v) is 23.0. The van der Waals surface area contributed by atoms with Gasteiger partial charge in [0.05, 0.1) is 22.3 Å². The molecule has 2 heterocycles. The highest BCUT2D eigenvalue weighted by atomic mass is 35.5. The van der Waals surface area contributed by atoms with Crippen molar-refractivity contribution in [3.8, 4) is 0 Å². The Morgan fingerprint density at radius 3 is 2.51 bits per heavy atom. The number of fused-ring (bicyclic) bond motifs is 1. The highest BCUT2D eigenvalue weighted by Gasteiger charge is 2.32. The number of carbonyl (C=O) groups excluding carboxylic acids is 2. The van der Waals surface area contributed by atoms with Crippen molar-refractivity contribution in [2.75, 3.05) is 26.2 Å². The number of aliphatic hydroxyl groups is 1. The summed E-state index contributed by atoms with van der Waals surface area (Å²) in [6.45, 7) is 1.91. The van der Waals surface area contributed by atoms with Crippen LogP contribution in [0.4, 0.5) is 0 Å². The standard InChI is InChI=1S/C28H32Cl2N4O5/c29-22-7-8-23(24(25(22)30)28(38)33-16-5-6-16)39-18-9-11-34(12-10-18)15-17(35)13-31-27(37)21-14-32-26(36)20-4-2-1-3-19(20)21/h1-4,14,16-18,35H,5-13,15H2,(H,31,37)(H,32,36)(H,33,38)/t17-/m1/s1. The number of piperidine rings is 1. The number of likely N-dealkylation sites (tertiary alicyclic amines) is 1. The van der Waals surface area contributed by atoms with Crippen LogP contribution >= 0.6 is 23.2 Å². The van der Waals surface area contributed by atoms with Gasteiger partial charge in [0.25, 0.3) is 17.4 Å². The van der Waals surface area contributed by atoms with E-state index in [4.69, 9.17) is 27.9 Å². The number of benzene rings is 1. The molecule has 1 aromatic heterocycles. The van der Waals surface area contributed by atoms with Crippen molar-refractivity contribution in [1.29, 1.82) is 0 Å².